The molecule has 0 radical (unpaired) electrons. The number of amides is 2. The predicted octanol–water partition coefficient (Wildman–Crippen LogP) is 1.63. The van der Waals surface area contributed by atoms with E-state index in [4.69, 9.17) is 0 Å². The Morgan fingerprint density at radius 2 is 1.79 bits per heavy atom. The third-order valence-electron chi connectivity index (χ3n) is 4.78. The number of carbonyl (C=O) groups is 2. The van der Waals surface area contributed by atoms with Crippen LogP contribution in [0.5, 0.6) is 0 Å². The van der Waals surface area contributed by atoms with E-state index in [0.29, 0.717) is 23.3 Å². The van der Waals surface area contributed by atoms with Gasteiger partial charge in [-0.25, -0.2) is 0 Å². The highest BCUT2D eigenvalue weighted by molar-refractivity contribution is 14.0. The lowest BCUT2D eigenvalue weighted by molar-refractivity contribution is -0.157. The molecule has 0 aromatic heterocycles. The predicted molar refractivity (Wildman–Crippen MR) is 111 cm³/mol. The van der Waals surface area contributed by atoms with Crippen molar-refractivity contribution < 1.29 is 22.8 Å². The number of likely N-dealkylation sites (N-methyl/N-ethyl adjacent to an activating group) is 1. The minimum Gasteiger partial charge on any atom is -0.354 e. The van der Waals surface area contributed by atoms with Gasteiger partial charge in [0.25, 0.3) is 0 Å². The van der Waals surface area contributed by atoms with E-state index in [0.717, 1.165) is 39.2 Å². The molecule has 11 heteroatoms. The topological polar surface area (TPSA) is 85.8 Å². The summed E-state index contributed by atoms with van der Waals surface area (Å²) in [7, 11) is 2.64. The quantitative estimate of drug-likeness (QED) is 0.283. The summed E-state index contributed by atoms with van der Waals surface area (Å²) >= 11 is 0. The van der Waals surface area contributed by atoms with Gasteiger partial charge >= 0.3 is 6.18 Å². The van der Waals surface area contributed by atoms with Gasteiger partial charge in [-0.1, -0.05) is 6.42 Å². The summed E-state index contributed by atoms with van der Waals surface area (Å²) < 4.78 is 37.0. The monoisotopic (exact) mass is 519 g/mol. The second-order valence-electron chi connectivity index (χ2n) is 7.28. The van der Waals surface area contributed by atoms with Crippen LogP contribution in [0.1, 0.15) is 38.5 Å². The number of nitrogens with zero attached hydrogens (tertiary/aromatic N) is 2. The minimum absolute atomic E-state index is 0. The van der Waals surface area contributed by atoms with Crippen molar-refractivity contribution in [3.8, 4) is 0 Å². The van der Waals surface area contributed by atoms with E-state index in [9.17, 15) is 22.8 Å². The van der Waals surface area contributed by atoms with Crippen LogP contribution < -0.4 is 16.0 Å². The van der Waals surface area contributed by atoms with Gasteiger partial charge in [-0.05, 0) is 32.1 Å². The number of halogens is 4. The molecule has 0 aromatic rings. The summed E-state index contributed by atoms with van der Waals surface area (Å²) in [6.45, 7) is -1.58. The molecule has 2 unspecified atom stereocenters. The number of nitrogens with one attached hydrogen (secondary N) is 3. The average Bonchev–Trinajstić information content (AvgIpc) is 3.40. The number of rotatable bonds is 6. The largest absolute Gasteiger partial charge is 0.406 e. The van der Waals surface area contributed by atoms with Gasteiger partial charge in [0.2, 0.25) is 11.8 Å². The number of carbonyl (C=O) groups excluding carboxylic acids is 2. The molecule has 2 saturated carbocycles. The fourth-order valence-electron chi connectivity index (χ4n) is 3.15. The maximum atomic E-state index is 12.3. The first-order valence-corrected chi connectivity index (χ1v) is 9.26. The van der Waals surface area contributed by atoms with Gasteiger partial charge in [-0.3, -0.25) is 14.6 Å². The van der Waals surface area contributed by atoms with Crippen LogP contribution in [0.25, 0.3) is 0 Å². The Morgan fingerprint density at radius 1 is 1.11 bits per heavy atom. The smallest absolute Gasteiger partial charge is 0.354 e. The van der Waals surface area contributed by atoms with Crippen LogP contribution in [0.15, 0.2) is 4.99 Å². The second-order valence-corrected chi connectivity index (χ2v) is 7.28. The highest BCUT2D eigenvalue weighted by Crippen LogP contribution is 2.26. The molecular weight excluding hydrogens is 490 g/mol. The van der Waals surface area contributed by atoms with Crippen LogP contribution in [-0.4, -0.2) is 68.1 Å². The van der Waals surface area contributed by atoms with E-state index in [1.807, 2.05) is 0 Å². The number of hydrogen-bond acceptors (Lipinski definition) is 3. The molecule has 2 rings (SSSR count). The molecule has 28 heavy (non-hydrogen) atoms. The summed E-state index contributed by atoms with van der Waals surface area (Å²) in [5, 5.41) is 8.95. The number of alkyl halides is 3. The normalized spacial score (nSPS) is 22.7. The first-order valence-electron chi connectivity index (χ1n) is 9.26. The molecule has 0 spiro atoms. The van der Waals surface area contributed by atoms with Crippen molar-refractivity contribution in [2.24, 2.45) is 10.9 Å². The molecule has 7 nitrogen and oxygen atoms in total. The van der Waals surface area contributed by atoms with Gasteiger partial charge in [0.05, 0.1) is 6.54 Å². The zero-order valence-corrected chi connectivity index (χ0v) is 18.5. The lowest BCUT2D eigenvalue weighted by atomic mass is 9.85. The fourth-order valence-corrected chi connectivity index (χ4v) is 3.15. The molecule has 2 aliphatic carbocycles. The minimum atomic E-state index is -4.43. The molecule has 2 amide bonds. The van der Waals surface area contributed by atoms with Crippen molar-refractivity contribution in [3.63, 3.8) is 0 Å². The van der Waals surface area contributed by atoms with Crippen LogP contribution in [0.2, 0.25) is 0 Å². The molecular formula is C17H29F3IN5O2. The van der Waals surface area contributed by atoms with Gasteiger partial charge in [0.15, 0.2) is 5.96 Å². The number of aliphatic imine (C=N–C) groups is 1. The lowest BCUT2D eigenvalue weighted by Crippen LogP contribution is -2.50. The highest BCUT2D eigenvalue weighted by Gasteiger charge is 2.32. The van der Waals surface area contributed by atoms with Gasteiger partial charge in [-0.15, -0.1) is 24.0 Å². The van der Waals surface area contributed by atoms with Crippen molar-refractivity contribution in [1.82, 2.24) is 20.9 Å². The Morgan fingerprint density at radius 3 is 2.36 bits per heavy atom. The first-order chi connectivity index (χ1) is 12.7. The third-order valence-corrected chi connectivity index (χ3v) is 4.78. The van der Waals surface area contributed by atoms with Crippen molar-refractivity contribution >= 4 is 41.8 Å². The molecule has 2 atom stereocenters. The van der Waals surface area contributed by atoms with Gasteiger partial charge in [0.1, 0.15) is 6.54 Å². The lowest BCUT2D eigenvalue weighted by Gasteiger charge is -2.30. The van der Waals surface area contributed by atoms with Crippen LogP contribution >= 0.6 is 24.0 Å². The summed E-state index contributed by atoms with van der Waals surface area (Å²) in [5.74, 6) is -0.289. The molecule has 2 fully saturated rings. The van der Waals surface area contributed by atoms with Crippen LogP contribution in [0.3, 0.4) is 0 Å². The summed E-state index contributed by atoms with van der Waals surface area (Å²) in [6.07, 6.45) is 0.967. The first kappa shape index (κ1) is 24.8. The Labute approximate surface area is 180 Å². The molecule has 2 aliphatic rings. The maximum Gasteiger partial charge on any atom is 0.406 e. The van der Waals surface area contributed by atoms with E-state index >= 15 is 0 Å². The van der Waals surface area contributed by atoms with E-state index in [1.54, 1.807) is 0 Å². The fraction of sp³-hybridized carbons (Fsp3) is 0.824. The maximum absolute atomic E-state index is 12.3. The summed E-state index contributed by atoms with van der Waals surface area (Å²) in [5.41, 5.74) is 0. The number of hydrogen-bond donors (Lipinski definition) is 3. The van der Waals surface area contributed by atoms with Crippen molar-refractivity contribution in [3.05, 3.63) is 0 Å². The Balaban J connectivity index is 0.00000392. The number of guanidine groups is 1. The Bertz CT molecular complexity index is 569. The SMILES string of the molecule is CN=C(NCC(=O)N(C)CC(F)(F)F)NC1CCCC(C(=O)NC2CC2)C1.I. The van der Waals surface area contributed by atoms with Crippen molar-refractivity contribution in [2.75, 3.05) is 27.2 Å². The van der Waals surface area contributed by atoms with E-state index in [-0.39, 0.29) is 48.4 Å². The zero-order chi connectivity index (χ0) is 20.0. The van der Waals surface area contributed by atoms with Crippen molar-refractivity contribution in [1.29, 1.82) is 0 Å². The van der Waals surface area contributed by atoms with Crippen LogP contribution in [-0.2, 0) is 9.59 Å². The second kappa shape index (κ2) is 11.1. The van der Waals surface area contributed by atoms with E-state index in [2.05, 4.69) is 20.9 Å². The Kier molecular flexibility index (Phi) is 9.78. The van der Waals surface area contributed by atoms with Gasteiger partial charge < -0.3 is 20.9 Å². The molecule has 0 saturated heterocycles. The molecule has 162 valence electrons. The molecule has 0 heterocycles. The molecule has 0 bridgehead atoms. The Hall–Kier alpha value is -1.27. The van der Waals surface area contributed by atoms with Crippen LogP contribution in [0, 0.1) is 5.92 Å². The zero-order valence-electron chi connectivity index (χ0n) is 16.1. The third kappa shape index (κ3) is 8.82. The highest BCUT2D eigenvalue weighted by atomic mass is 127. The molecule has 0 aromatic carbocycles. The van der Waals surface area contributed by atoms with Crippen LogP contribution in [0.4, 0.5) is 13.2 Å². The molecule has 0 aliphatic heterocycles. The van der Waals surface area contributed by atoms with Crippen molar-refractivity contribution in [2.45, 2.75) is 56.8 Å². The van der Waals surface area contributed by atoms with E-state index < -0.39 is 18.6 Å². The standard InChI is InChI=1S/C17H28F3N5O2.HI/c1-21-16(22-9-14(26)25(2)10-17(18,19)20)24-13-5-3-4-11(8-13)15(27)23-12-6-7-12;/h11-13H,3-10H2,1-2H3,(H,23,27)(H2,21,22,24);1H. The summed E-state index contributed by atoms with van der Waals surface area (Å²) in [4.78, 5) is 28.7. The molecule has 3 N–H and O–H groups in total. The van der Waals surface area contributed by atoms with E-state index in [1.165, 1.54) is 7.05 Å². The average molecular weight is 519 g/mol. The van der Waals surface area contributed by atoms with Gasteiger partial charge in [-0.2, -0.15) is 13.2 Å². The summed E-state index contributed by atoms with van der Waals surface area (Å²) in [6, 6.07) is 0.364. The van der Waals surface area contributed by atoms with Gasteiger partial charge in [0, 0.05) is 32.1 Å².